The molecule has 2 heterocycles. The first-order chi connectivity index (χ1) is 8.58. The van der Waals surface area contributed by atoms with Gasteiger partial charge >= 0.3 is 0 Å². The van der Waals surface area contributed by atoms with E-state index in [0.717, 1.165) is 25.6 Å². The van der Waals surface area contributed by atoms with Crippen molar-refractivity contribution in [3.05, 3.63) is 0 Å². The maximum atomic E-state index is 12.3. The van der Waals surface area contributed by atoms with E-state index in [9.17, 15) is 9.59 Å². The maximum absolute atomic E-state index is 12.3. The molecule has 5 nitrogen and oxygen atoms in total. The predicted octanol–water partition coefficient (Wildman–Crippen LogP) is -0.230. The smallest absolute Gasteiger partial charge is 0.247 e. The molecule has 0 N–H and O–H groups in total. The Morgan fingerprint density at radius 3 is 2.56 bits per heavy atom. The van der Waals surface area contributed by atoms with Crippen molar-refractivity contribution in [1.82, 2.24) is 14.7 Å². The monoisotopic (exact) mass is 251 g/mol. The summed E-state index contributed by atoms with van der Waals surface area (Å²) >= 11 is 0. The van der Waals surface area contributed by atoms with Gasteiger partial charge < -0.3 is 9.80 Å². The summed E-state index contributed by atoms with van der Waals surface area (Å²) in [6.07, 6.45) is 2.66. The average Bonchev–Trinajstić information content (AvgIpc) is 3.17. The van der Waals surface area contributed by atoms with E-state index >= 15 is 0 Å². The van der Waals surface area contributed by atoms with Crippen LogP contribution in [0.1, 0.15) is 19.8 Å². The van der Waals surface area contributed by atoms with Crippen LogP contribution in [0.2, 0.25) is 0 Å². The molecule has 0 aromatic rings. The van der Waals surface area contributed by atoms with Gasteiger partial charge in [-0.2, -0.15) is 0 Å². The van der Waals surface area contributed by atoms with Crippen molar-refractivity contribution in [2.24, 2.45) is 5.92 Å². The summed E-state index contributed by atoms with van der Waals surface area (Å²) < 4.78 is 0. The van der Waals surface area contributed by atoms with Crippen molar-refractivity contribution in [2.45, 2.75) is 31.8 Å². The lowest BCUT2D eigenvalue weighted by atomic mass is 10.0. The van der Waals surface area contributed by atoms with Crippen LogP contribution in [0.15, 0.2) is 0 Å². The summed E-state index contributed by atoms with van der Waals surface area (Å²) in [5.74, 6) is 1.04. The largest absolute Gasteiger partial charge is 0.332 e. The molecule has 0 aromatic heterocycles. The highest BCUT2D eigenvalue weighted by atomic mass is 16.2. The van der Waals surface area contributed by atoms with Crippen LogP contribution in [0.3, 0.4) is 0 Å². The van der Waals surface area contributed by atoms with Gasteiger partial charge in [-0.1, -0.05) is 0 Å². The van der Waals surface area contributed by atoms with Gasteiger partial charge in [-0.3, -0.25) is 14.5 Å². The second kappa shape index (κ2) is 4.23. The molecule has 0 unspecified atom stereocenters. The normalized spacial score (nSPS) is 33.9. The first-order valence-corrected chi connectivity index (χ1v) is 6.87. The number of carbonyl (C=O) groups is 2. The second-order valence-corrected chi connectivity index (χ2v) is 5.88. The molecule has 2 saturated heterocycles. The molecule has 1 aliphatic carbocycles. The van der Waals surface area contributed by atoms with Crippen molar-refractivity contribution in [3.63, 3.8) is 0 Å². The van der Waals surface area contributed by atoms with Gasteiger partial charge in [0.25, 0.3) is 0 Å². The van der Waals surface area contributed by atoms with E-state index in [2.05, 4.69) is 4.90 Å². The Balaban J connectivity index is 1.72. The zero-order valence-electron chi connectivity index (χ0n) is 11.1. The molecule has 3 aliphatic rings. The standard InChI is InChI=1S/C13H21N3O2/c1-9-12(17)16-6-5-15(7-10-3-4-10)8-11(16)13(18)14(9)2/h9-11H,3-8H2,1-2H3/t9-,11+/m0/s1. The lowest BCUT2D eigenvalue weighted by molar-refractivity contribution is -0.163. The van der Waals surface area contributed by atoms with E-state index in [1.807, 2.05) is 6.92 Å². The van der Waals surface area contributed by atoms with Gasteiger partial charge in [-0.05, 0) is 25.7 Å². The highest BCUT2D eigenvalue weighted by Gasteiger charge is 2.45. The van der Waals surface area contributed by atoms with Crippen LogP contribution in [-0.4, -0.2) is 71.8 Å². The third-order valence-corrected chi connectivity index (χ3v) is 4.53. The number of carbonyl (C=O) groups excluding carboxylic acids is 2. The molecular formula is C13H21N3O2. The summed E-state index contributed by atoms with van der Waals surface area (Å²) in [6.45, 7) is 5.26. The SMILES string of the molecule is C[C@H]1C(=O)N2CCN(CC3CC3)C[C@@H]2C(=O)N1C. The van der Waals surface area contributed by atoms with Crippen LogP contribution in [0.25, 0.3) is 0 Å². The number of fused-ring (bicyclic) bond motifs is 1. The second-order valence-electron chi connectivity index (χ2n) is 5.88. The summed E-state index contributed by atoms with van der Waals surface area (Å²) in [5.41, 5.74) is 0. The Morgan fingerprint density at radius 1 is 1.17 bits per heavy atom. The molecule has 0 aromatic carbocycles. The van der Waals surface area contributed by atoms with E-state index in [1.165, 1.54) is 12.8 Å². The number of amides is 2. The van der Waals surface area contributed by atoms with Crippen molar-refractivity contribution < 1.29 is 9.59 Å². The van der Waals surface area contributed by atoms with Crippen LogP contribution in [0.5, 0.6) is 0 Å². The molecule has 3 fully saturated rings. The summed E-state index contributed by atoms with van der Waals surface area (Å²) in [4.78, 5) is 30.2. The van der Waals surface area contributed by atoms with E-state index in [4.69, 9.17) is 0 Å². The fourth-order valence-corrected chi connectivity index (χ4v) is 2.98. The Bertz CT molecular complexity index is 380. The maximum Gasteiger partial charge on any atom is 0.247 e. The van der Waals surface area contributed by atoms with E-state index in [1.54, 1.807) is 16.8 Å². The molecule has 1 saturated carbocycles. The highest BCUT2D eigenvalue weighted by Crippen LogP contribution is 2.31. The number of piperazine rings is 2. The molecule has 2 amide bonds. The molecule has 5 heteroatoms. The predicted molar refractivity (Wildman–Crippen MR) is 66.9 cm³/mol. The van der Waals surface area contributed by atoms with Gasteiger partial charge in [0.2, 0.25) is 11.8 Å². The number of nitrogens with zero attached hydrogens (tertiary/aromatic N) is 3. The lowest BCUT2D eigenvalue weighted by Gasteiger charge is -2.47. The quantitative estimate of drug-likeness (QED) is 0.681. The first-order valence-electron chi connectivity index (χ1n) is 6.87. The topological polar surface area (TPSA) is 43.9 Å². The van der Waals surface area contributed by atoms with E-state index in [0.29, 0.717) is 6.54 Å². The summed E-state index contributed by atoms with van der Waals surface area (Å²) in [7, 11) is 1.74. The molecule has 100 valence electrons. The fourth-order valence-electron chi connectivity index (χ4n) is 2.98. The van der Waals surface area contributed by atoms with E-state index < -0.39 is 0 Å². The van der Waals surface area contributed by atoms with Crippen molar-refractivity contribution in [2.75, 3.05) is 33.2 Å². The van der Waals surface area contributed by atoms with Crippen molar-refractivity contribution in [1.29, 1.82) is 0 Å². The summed E-state index contributed by atoms with van der Waals surface area (Å²) in [6, 6.07) is -0.546. The Morgan fingerprint density at radius 2 is 1.89 bits per heavy atom. The fraction of sp³-hybridized carbons (Fsp3) is 0.846. The Labute approximate surface area is 108 Å². The van der Waals surface area contributed by atoms with Crippen LogP contribution < -0.4 is 0 Å². The van der Waals surface area contributed by atoms with Gasteiger partial charge in [0.05, 0.1) is 0 Å². The third kappa shape index (κ3) is 1.90. The molecule has 0 bridgehead atoms. The minimum Gasteiger partial charge on any atom is -0.332 e. The first kappa shape index (κ1) is 12.0. The highest BCUT2D eigenvalue weighted by molar-refractivity contribution is 5.96. The molecule has 2 aliphatic heterocycles. The molecule has 0 spiro atoms. The average molecular weight is 251 g/mol. The number of likely N-dealkylation sites (N-methyl/N-ethyl adjacent to an activating group) is 1. The van der Waals surface area contributed by atoms with Gasteiger partial charge in [0.1, 0.15) is 12.1 Å². The Hall–Kier alpha value is -1.10. The van der Waals surface area contributed by atoms with Gasteiger partial charge in [0, 0.05) is 33.2 Å². The molecular weight excluding hydrogens is 230 g/mol. The van der Waals surface area contributed by atoms with Crippen molar-refractivity contribution >= 4 is 11.8 Å². The lowest BCUT2D eigenvalue weighted by Crippen LogP contribution is -2.68. The number of hydrogen-bond donors (Lipinski definition) is 0. The third-order valence-electron chi connectivity index (χ3n) is 4.53. The van der Waals surface area contributed by atoms with Crippen LogP contribution >= 0.6 is 0 Å². The zero-order valence-corrected chi connectivity index (χ0v) is 11.1. The number of hydrogen-bond acceptors (Lipinski definition) is 3. The van der Waals surface area contributed by atoms with Crippen LogP contribution in [0.4, 0.5) is 0 Å². The minimum absolute atomic E-state index is 0.0996. The number of rotatable bonds is 2. The van der Waals surface area contributed by atoms with E-state index in [-0.39, 0.29) is 23.9 Å². The zero-order chi connectivity index (χ0) is 12.9. The van der Waals surface area contributed by atoms with Gasteiger partial charge in [-0.25, -0.2) is 0 Å². The minimum atomic E-state index is -0.302. The van der Waals surface area contributed by atoms with Crippen molar-refractivity contribution in [3.8, 4) is 0 Å². The molecule has 18 heavy (non-hydrogen) atoms. The van der Waals surface area contributed by atoms with Gasteiger partial charge in [0.15, 0.2) is 0 Å². The van der Waals surface area contributed by atoms with Crippen LogP contribution in [0, 0.1) is 5.92 Å². The van der Waals surface area contributed by atoms with Gasteiger partial charge in [-0.15, -0.1) is 0 Å². The summed E-state index contributed by atoms with van der Waals surface area (Å²) in [5, 5.41) is 0. The van der Waals surface area contributed by atoms with Crippen LogP contribution in [-0.2, 0) is 9.59 Å². The molecule has 2 atom stereocenters. The molecule has 3 rings (SSSR count). The Kier molecular flexibility index (Phi) is 2.81. The molecule has 0 radical (unpaired) electrons.